The SMILES string of the molecule is CCOC(=O)[C@H]1C[C@@]1(C(=O)OCC)c1ccc(F)cc1. The summed E-state index contributed by atoms with van der Waals surface area (Å²) in [6, 6.07) is 5.59. The molecule has 0 heterocycles. The van der Waals surface area contributed by atoms with Crippen molar-refractivity contribution in [2.24, 2.45) is 5.92 Å². The number of carbonyl (C=O) groups is 2. The molecular weight excluding hydrogens is 263 g/mol. The van der Waals surface area contributed by atoms with E-state index in [1.807, 2.05) is 0 Å². The molecule has 2 atom stereocenters. The Morgan fingerprint density at radius 2 is 1.80 bits per heavy atom. The predicted molar refractivity (Wildman–Crippen MR) is 69.5 cm³/mol. The molecule has 1 aliphatic carbocycles. The van der Waals surface area contributed by atoms with E-state index < -0.39 is 23.3 Å². The van der Waals surface area contributed by atoms with Crippen LogP contribution in [-0.4, -0.2) is 25.2 Å². The molecule has 0 radical (unpaired) electrons. The number of carbonyl (C=O) groups excluding carboxylic acids is 2. The van der Waals surface area contributed by atoms with Gasteiger partial charge < -0.3 is 9.47 Å². The molecule has 1 aromatic rings. The largest absolute Gasteiger partial charge is 0.466 e. The second-order valence-corrected chi connectivity index (χ2v) is 4.71. The molecule has 0 aliphatic heterocycles. The molecule has 0 spiro atoms. The van der Waals surface area contributed by atoms with E-state index in [9.17, 15) is 14.0 Å². The summed E-state index contributed by atoms with van der Waals surface area (Å²) in [4.78, 5) is 24.1. The fraction of sp³-hybridized carbons (Fsp3) is 0.467. The Kier molecular flexibility index (Phi) is 4.06. The number of ether oxygens (including phenoxy) is 2. The van der Waals surface area contributed by atoms with Crippen molar-refractivity contribution in [3.8, 4) is 0 Å². The van der Waals surface area contributed by atoms with Crippen molar-refractivity contribution in [1.29, 1.82) is 0 Å². The first-order valence-electron chi connectivity index (χ1n) is 6.66. The molecule has 1 saturated carbocycles. The van der Waals surface area contributed by atoms with Crippen molar-refractivity contribution in [3.05, 3.63) is 35.6 Å². The van der Waals surface area contributed by atoms with Crippen LogP contribution in [0.1, 0.15) is 25.8 Å². The maximum absolute atomic E-state index is 13.0. The van der Waals surface area contributed by atoms with Gasteiger partial charge in [-0.1, -0.05) is 12.1 Å². The molecule has 1 fully saturated rings. The van der Waals surface area contributed by atoms with Crippen LogP contribution in [-0.2, 0) is 24.5 Å². The summed E-state index contributed by atoms with van der Waals surface area (Å²) in [7, 11) is 0. The minimum Gasteiger partial charge on any atom is -0.466 e. The second kappa shape index (κ2) is 5.61. The third kappa shape index (κ3) is 2.40. The molecular formula is C15H17FO4. The molecule has 2 rings (SSSR count). The smallest absolute Gasteiger partial charge is 0.317 e. The van der Waals surface area contributed by atoms with Gasteiger partial charge in [0.1, 0.15) is 11.2 Å². The molecule has 108 valence electrons. The highest BCUT2D eigenvalue weighted by atomic mass is 19.1. The molecule has 20 heavy (non-hydrogen) atoms. The van der Waals surface area contributed by atoms with E-state index >= 15 is 0 Å². The van der Waals surface area contributed by atoms with E-state index in [1.165, 1.54) is 24.3 Å². The predicted octanol–water partition coefficient (Wildman–Crippen LogP) is 2.21. The van der Waals surface area contributed by atoms with Gasteiger partial charge >= 0.3 is 11.9 Å². The molecule has 0 bridgehead atoms. The maximum Gasteiger partial charge on any atom is 0.317 e. The van der Waals surface area contributed by atoms with Crippen LogP contribution in [0.3, 0.4) is 0 Å². The van der Waals surface area contributed by atoms with Gasteiger partial charge in [-0.25, -0.2) is 4.39 Å². The zero-order chi connectivity index (χ0) is 14.8. The van der Waals surface area contributed by atoms with E-state index in [0.29, 0.717) is 12.0 Å². The summed E-state index contributed by atoms with van der Waals surface area (Å²) < 4.78 is 23.1. The first-order valence-corrected chi connectivity index (χ1v) is 6.66. The summed E-state index contributed by atoms with van der Waals surface area (Å²) in [5.41, 5.74) is -0.425. The van der Waals surface area contributed by atoms with Gasteiger partial charge in [-0.3, -0.25) is 9.59 Å². The van der Waals surface area contributed by atoms with Crippen LogP contribution < -0.4 is 0 Å². The van der Waals surface area contributed by atoms with Gasteiger partial charge in [-0.15, -0.1) is 0 Å². The summed E-state index contributed by atoms with van der Waals surface area (Å²) in [5, 5.41) is 0. The van der Waals surface area contributed by atoms with Crippen LogP contribution in [0.25, 0.3) is 0 Å². The Bertz CT molecular complexity index is 511. The highest BCUT2D eigenvalue weighted by Gasteiger charge is 2.66. The molecule has 5 heteroatoms. The minimum atomic E-state index is -1.02. The lowest BCUT2D eigenvalue weighted by Crippen LogP contribution is -2.28. The van der Waals surface area contributed by atoms with Crippen LogP contribution >= 0.6 is 0 Å². The highest BCUT2D eigenvalue weighted by Crippen LogP contribution is 2.55. The van der Waals surface area contributed by atoms with Crippen molar-refractivity contribution >= 4 is 11.9 Å². The molecule has 0 unspecified atom stereocenters. The number of benzene rings is 1. The van der Waals surface area contributed by atoms with Gasteiger partial charge in [-0.05, 0) is 38.0 Å². The third-order valence-electron chi connectivity index (χ3n) is 3.53. The fourth-order valence-electron chi connectivity index (χ4n) is 2.46. The lowest BCUT2D eigenvalue weighted by atomic mass is 9.93. The maximum atomic E-state index is 13.0. The molecule has 0 saturated heterocycles. The Hall–Kier alpha value is -1.91. The van der Waals surface area contributed by atoms with Crippen molar-refractivity contribution in [2.45, 2.75) is 25.7 Å². The van der Waals surface area contributed by atoms with Gasteiger partial charge in [0.2, 0.25) is 0 Å². The van der Waals surface area contributed by atoms with Crippen molar-refractivity contribution in [1.82, 2.24) is 0 Å². The van der Waals surface area contributed by atoms with E-state index in [0.717, 1.165) is 0 Å². The molecule has 4 nitrogen and oxygen atoms in total. The number of hydrogen-bond donors (Lipinski definition) is 0. The zero-order valence-corrected chi connectivity index (χ0v) is 11.5. The van der Waals surface area contributed by atoms with Crippen LogP contribution in [0.4, 0.5) is 4.39 Å². The first-order chi connectivity index (χ1) is 9.56. The quantitative estimate of drug-likeness (QED) is 0.776. The summed E-state index contributed by atoms with van der Waals surface area (Å²) >= 11 is 0. The van der Waals surface area contributed by atoms with Gasteiger partial charge in [-0.2, -0.15) is 0 Å². The fourth-order valence-corrected chi connectivity index (χ4v) is 2.46. The molecule has 0 amide bonds. The molecule has 1 aromatic carbocycles. The number of esters is 2. The Morgan fingerprint density at radius 3 is 2.35 bits per heavy atom. The van der Waals surface area contributed by atoms with E-state index in [1.54, 1.807) is 13.8 Å². The average molecular weight is 280 g/mol. The summed E-state index contributed by atoms with van der Waals surface area (Å²) in [5.74, 6) is -1.80. The second-order valence-electron chi connectivity index (χ2n) is 4.71. The first kappa shape index (κ1) is 14.5. The highest BCUT2D eigenvalue weighted by molar-refractivity contribution is 5.96. The third-order valence-corrected chi connectivity index (χ3v) is 3.53. The lowest BCUT2D eigenvalue weighted by molar-refractivity contribution is -0.152. The van der Waals surface area contributed by atoms with E-state index in [2.05, 4.69) is 0 Å². The summed E-state index contributed by atoms with van der Waals surface area (Å²) in [6.45, 7) is 3.91. The minimum absolute atomic E-state index is 0.233. The van der Waals surface area contributed by atoms with Crippen LogP contribution in [0.2, 0.25) is 0 Å². The Morgan fingerprint density at radius 1 is 1.20 bits per heavy atom. The lowest BCUT2D eigenvalue weighted by Gasteiger charge is -2.16. The van der Waals surface area contributed by atoms with E-state index in [-0.39, 0.29) is 19.0 Å². The molecule has 1 aliphatic rings. The van der Waals surface area contributed by atoms with Crippen LogP contribution in [0, 0.1) is 11.7 Å². The van der Waals surface area contributed by atoms with E-state index in [4.69, 9.17) is 9.47 Å². The zero-order valence-electron chi connectivity index (χ0n) is 11.5. The monoisotopic (exact) mass is 280 g/mol. The van der Waals surface area contributed by atoms with Gasteiger partial charge in [0, 0.05) is 0 Å². The number of halogens is 1. The normalized spacial score (nSPS) is 24.1. The van der Waals surface area contributed by atoms with Crippen molar-refractivity contribution < 1.29 is 23.5 Å². The summed E-state index contributed by atoms with van der Waals surface area (Å²) in [6.07, 6.45) is 0.344. The standard InChI is InChI=1S/C15H17FO4/c1-3-19-13(17)12-9-15(12,14(18)20-4-2)10-5-7-11(16)8-6-10/h5-8,12H,3-4,9H2,1-2H3/t12-,15-/m1/s1. The van der Waals surface area contributed by atoms with Gasteiger partial charge in [0.25, 0.3) is 0 Å². The topological polar surface area (TPSA) is 52.6 Å². The van der Waals surface area contributed by atoms with Crippen LogP contribution in [0.5, 0.6) is 0 Å². The van der Waals surface area contributed by atoms with Gasteiger partial charge in [0.05, 0.1) is 19.1 Å². The number of rotatable bonds is 5. The Labute approximate surface area is 116 Å². The van der Waals surface area contributed by atoms with Crippen molar-refractivity contribution in [3.63, 3.8) is 0 Å². The molecule has 0 N–H and O–H groups in total. The number of hydrogen-bond acceptors (Lipinski definition) is 4. The molecule has 0 aromatic heterocycles. The van der Waals surface area contributed by atoms with Crippen molar-refractivity contribution in [2.75, 3.05) is 13.2 Å². The van der Waals surface area contributed by atoms with Gasteiger partial charge in [0.15, 0.2) is 0 Å². The Balaban J connectivity index is 2.30. The van der Waals surface area contributed by atoms with Crippen LogP contribution in [0.15, 0.2) is 24.3 Å². The average Bonchev–Trinajstić information content (AvgIpc) is 3.17.